The number of carbonyl (C=O) groups excluding carboxylic acids is 1. The van der Waals surface area contributed by atoms with Crippen molar-refractivity contribution in [2.75, 3.05) is 13.7 Å². The Morgan fingerprint density at radius 1 is 1.35 bits per heavy atom. The van der Waals surface area contributed by atoms with Gasteiger partial charge in [-0.05, 0) is 37.3 Å². The van der Waals surface area contributed by atoms with Crippen LogP contribution in [0.15, 0.2) is 35.1 Å². The number of rotatable bonds is 4. The van der Waals surface area contributed by atoms with E-state index in [9.17, 15) is 9.59 Å². The molecule has 1 aromatic carbocycles. The van der Waals surface area contributed by atoms with Gasteiger partial charge in [0.05, 0.1) is 13.7 Å². The normalized spacial score (nSPS) is 10.9. The van der Waals surface area contributed by atoms with E-state index in [2.05, 4.69) is 4.98 Å². The van der Waals surface area contributed by atoms with Crippen LogP contribution >= 0.6 is 0 Å². The lowest BCUT2D eigenvalue weighted by Gasteiger charge is -2.03. The predicted molar refractivity (Wildman–Crippen MR) is 76.8 cm³/mol. The van der Waals surface area contributed by atoms with Gasteiger partial charge in [-0.15, -0.1) is 0 Å². The molecule has 104 valence electrons. The Labute approximate surface area is 115 Å². The minimum absolute atomic E-state index is 0.261. The number of hydrogen-bond acceptors (Lipinski definition) is 4. The number of esters is 1. The third-order valence-electron chi connectivity index (χ3n) is 2.77. The first-order chi connectivity index (χ1) is 9.63. The summed E-state index contributed by atoms with van der Waals surface area (Å²) in [5, 5.41) is 0.826. The summed E-state index contributed by atoms with van der Waals surface area (Å²) >= 11 is 0. The molecule has 2 aromatic rings. The molecule has 0 unspecified atom stereocenters. The van der Waals surface area contributed by atoms with Gasteiger partial charge in [-0.1, -0.05) is 0 Å². The lowest BCUT2D eigenvalue weighted by molar-refractivity contribution is -0.137. The molecule has 0 aliphatic rings. The maximum atomic E-state index is 11.9. The number of benzene rings is 1. The molecule has 0 bridgehead atoms. The van der Waals surface area contributed by atoms with Crippen molar-refractivity contribution in [1.29, 1.82) is 0 Å². The van der Waals surface area contributed by atoms with E-state index in [0.717, 1.165) is 5.39 Å². The Morgan fingerprint density at radius 3 is 2.85 bits per heavy atom. The van der Waals surface area contributed by atoms with E-state index < -0.39 is 5.97 Å². The average Bonchev–Trinajstić information content (AvgIpc) is 2.45. The summed E-state index contributed by atoms with van der Waals surface area (Å²) in [7, 11) is 1.58. The van der Waals surface area contributed by atoms with Crippen LogP contribution in [-0.4, -0.2) is 24.7 Å². The van der Waals surface area contributed by atoms with Crippen molar-refractivity contribution in [2.24, 2.45) is 0 Å². The summed E-state index contributed by atoms with van der Waals surface area (Å²) < 4.78 is 9.91. The maximum absolute atomic E-state index is 11.9. The Hall–Kier alpha value is -2.56. The fourth-order valence-electron chi connectivity index (χ4n) is 1.80. The number of pyridine rings is 1. The number of methoxy groups -OCH3 is 1. The molecule has 0 aliphatic carbocycles. The van der Waals surface area contributed by atoms with E-state index in [-0.39, 0.29) is 5.56 Å². The standard InChI is InChI=1S/C15H15NO4/c1-3-20-14(17)7-4-10-8-11-9-12(19-2)5-6-13(11)16-15(10)18/h4-9H,3H2,1-2H3,(H,16,18). The third-order valence-corrected chi connectivity index (χ3v) is 2.77. The molecule has 2 rings (SSSR count). The van der Waals surface area contributed by atoms with Crippen molar-refractivity contribution in [3.05, 3.63) is 46.3 Å². The molecule has 20 heavy (non-hydrogen) atoms. The largest absolute Gasteiger partial charge is 0.497 e. The number of ether oxygens (including phenoxy) is 2. The SMILES string of the molecule is CCOC(=O)C=Cc1cc2cc(OC)ccc2[nH]c1=O. The molecule has 0 spiro atoms. The zero-order chi connectivity index (χ0) is 14.5. The van der Waals surface area contributed by atoms with Crippen molar-refractivity contribution < 1.29 is 14.3 Å². The highest BCUT2D eigenvalue weighted by atomic mass is 16.5. The van der Waals surface area contributed by atoms with Gasteiger partial charge in [-0.3, -0.25) is 4.79 Å². The van der Waals surface area contributed by atoms with Crippen molar-refractivity contribution in [3.8, 4) is 5.75 Å². The van der Waals surface area contributed by atoms with E-state index in [4.69, 9.17) is 9.47 Å². The van der Waals surface area contributed by atoms with Crippen LogP contribution in [0.4, 0.5) is 0 Å². The molecule has 0 atom stereocenters. The topological polar surface area (TPSA) is 68.4 Å². The Morgan fingerprint density at radius 2 is 2.15 bits per heavy atom. The summed E-state index contributed by atoms with van der Waals surface area (Å²) in [5.41, 5.74) is 0.839. The number of nitrogens with one attached hydrogen (secondary N) is 1. The van der Waals surface area contributed by atoms with Gasteiger partial charge >= 0.3 is 5.97 Å². The monoisotopic (exact) mass is 273 g/mol. The van der Waals surface area contributed by atoms with Crippen molar-refractivity contribution >= 4 is 22.9 Å². The van der Waals surface area contributed by atoms with E-state index in [0.29, 0.717) is 23.4 Å². The molecule has 0 fully saturated rings. The van der Waals surface area contributed by atoms with Crippen LogP contribution in [0.1, 0.15) is 12.5 Å². The quantitative estimate of drug-likeness (QED) is 0.684. The highest BCUT2D eigenvalue weighted by molar-refractivity contribution is 5.88. The minimum Gasteiger partial charge on any atom is -0.497 e. The number of aromatic amines is 1. The molecule has 1 heterocycles. The molecule has 0 radical (unpaired) electrons. The number of aromatic nitrogens is 1. The lowest BCUT2D eigenvalue weighted by atomic mass is 10.1. The van der Waals surface area contributed by atoms with Crippen LogP contribution in [0.3, 0.4) is 0 Å². The molecule has 5 heteroatoms. The Bertz CT molecular complexity index is 715. The van der Waals surface area contributed by atoms with E-state index in [1.54, 1.807) is 32.2 Å². The predicted octanol–water partition coefficient (Wildman–Crippen LogP) is 2.11. The molecule has 0 saturated carbocycles. The first-order valence-electron chi connectivity index (χ1n) is 6.20. The van der Waals surface area contributed by atoms with Gasteiger partial charge in [-0.25, -0.2) is 4.79 Å². The van der Waals surface area contributed by atoms with Gasteiger partial charge < -0.3 is 14.5 Å². The average molecular weight is 273 g/mol. The second-order valence-electron chi connectivity index (χ2n) is 4.09. The minimum atomic E-state index is -0.474. The molecule has 0 amide bonds. The van der Waals surface area contributed by atoms with E-state index in [1.165, 1.54) is 12.2 Å². The highest BCUT2D eigenvalue weighted by Gasteiger charge is 2.03. The van der Waals surface area contributed by atoms with Crippen LogP contribution in [0, 0.1) is 0 Å². The van der Waals surface area contributed by atoms with Crippen molar-refractivity contribution in [2.45, 2.75) is 6.92 Å². The zero-order valence-corrected chi connectivity index (χ0v) is 11.3. The Balaban J connectivity index is 2.40. The fourth-order valence-corrected chi connectivity index (χ4v) is 1.80. The molecular formula is C15H15NO4. The van der Waals surface area contributed by atoms with E-state index >= 15 is 0 Å². The molecule has 5 nitrogen and oxygen atoms in total. The second-order valence-corrected chi connectivity index (χ2v) is 4.09. The summed E-state index contributed by atoms with van der Waals surface area (Å²) in [5.74, 6) is 0.225. The first-order valence-corrected chi connectivity index (χ1v) is 6.20. The molecule has 1 aromatic heterocycles. The second kappa shape index (κ2) is 6.06. The maximum Gasteiger partial charge on any atom is 0.330 e. The van der Waals surface area contributed by atoms with Gasteiger partial charge in [0.15, 0.2) is 0 Å². The van der Waals surface area contributed by atoms with Gasteiger partial charge in [0.1, 0.15) is 5.75 Å². The number of hydrogen-bond donors (Lipinski definition) is 1. The van der Waals surface area contributed by atoms with Crippen LogP contribution in [-0.2, 0) is 9.53 Å². The van der Waals surface area contributed by atoms with Gasteiger partial charge in [-0.2, -0.15) is 0 Å². The third kappa shape index (κ3) is 3.06. The fraction of sp³-hybridized carbons (Fsp3) is 0.200. The van der Waals surface area contributed by atoms with Crippen LogP contribution < -0.4 is 10.3 Å². The summed E-state index contributed by atoms with van der Waals surface area (Å²) in [4.78, 5) is 25.9. The zero-order valence-electron chi connectivity index (χ0n) is 11.3. The van der Waals surface area contributed by atoms with Crippen LogP contribution in [0.2, 0.25) is 0 Å². The summed E-state index contributed by atoms with van der Waals surface area (Å²) in [6.45, 7) is 2.02. The number of H-pyrrole nitrogens is 1. The molecule has 1 N–H and O–H groups in total. The van der Waals surface area contributed by atoms with Crippen molar-refractivity contribution in [1.82, 2.24) is 4.98 Å². The smallest absolute Gasteiger partial charge is 0.330 e. The summed E-state index contributed by atoms with van der Waals surface area (Å²) in [6.07, 6.45) is 2.68. The lowest BCUT2D eigenvalue weighted by Crippen LogP contribution is -2.09. The van der Waals surface area contributed by atoms with Crippen LogP contribution in [0.25, 0.3) is 17.0 Å². The summed E-state index contributed by atoms with van der Waals surface area (Å²) in [6, 6.07) is 7.06. The molecular weight excluding hydrogens is 258 g/mol. The van der Waals surface area contributed by atoms with Gasteiger partial charge in [0, 0.05) is 22.5 Å². The molecule has 0 aliphatic heterocycles. The number of fused-ring (bicyclic) bond motifs is 1. The van der Waals surface area contributed by atoms with Crippen molar-refractivity contribution in [3.63, 3.8) is 0 Å². The van der Waals surface area contributed by atoms with Gasteiger partial charge in [0.2, 0.25) is 0 Å². The highest BCUT2D eigenvalue weighted by Crippen LogP contribution is 2.19. The first kappa shape index (κ1) is 13.9. The molecule has 0 saturated heterocycles. The van der Waals surface area contributed by atoms with Gasteiger partial charge in [0.25, 0.3) is 5.56 Å². The van der Waals surface area contributed by atoms with Crippen LogP contribution in [0.5, 0.6) is 5.75 Å². The Kier molecular flexibility index (Phi) is 4.20. The number of carbonyl (C=O) groups is 1. The van der Waals surface area contributed by atoms with E-state index in [1.807, 2.05) is 6.07 Å².